The van der Waals surface area contributed by atoms with Crippen LogP contribution in [0.2, 0.25) is 0 Å². The van der Waals surface area contributed by atoms with Crippen LogP contribution in [-0.4, -0.2) is 5.11 Å². The highest BCUT2D eigenvalue weighted by molar-refractivity contribution is 9.10. The molecule has 88 valence electrons. The molecule has 0 spiro atoms. The lowest BCUT2D eigenvalue weighted by Gasteiger charge is -2.14. The molecule has 0 amide bonds. The standard InChI is InChI=1S/C14H12BrFO/c1-9-4-2-3-5-11(9)14(17)10-6-7-12(15)13(16)8-10/h2-8,14,17H,1H3. The van der Waals surface area contributed by atoms with Crippen LogP contribution in [-0.2, 0) is 0 Å². The number of aryl methyl sites for hydroxylation is 1. The number of hydrogen-bond acceptors (Lipinski definition) is 1. The van der Waals surface area contributed by atoms with E-state index in [1.807, 2.05) is 31.2 Å². The van der Waals surface area contributed by atoms with Gasteiger partial charge in [0.2, 0.25) is 0 Å². The van der Waals surface area contributed by atoms with E-state index >= 15 is 0 Å². The topological polar surface area (TPSA) is 20.2 Å². The summed E-state index contributed by atoms with van der Waals surface area (Å²) in [5.41, 5.74) is 2.34. The summed E-state index contributed by atoms with van der Waals surface area (Å²) in [6, 6.07) is 12.2. The molecule has 2 aromatic carbocycles. The Morgan fingerprint density at radius 2 is 1.88 bits per heavy atom. The first-order valence-electron chi connectivity index (χ1n) is 5.28. The molecule has 1 atom stereocenters. The van der Waals surface area contributed by atoms with Gasteiger partial charge in [0.25, 0.3) is 0 Å². The maximum atomic E-state index is 13.4. The van der Waals surface area contributed by atoms with Crippen molar-refractivity contribution >= 4 is 15.9 Å². The summed E-state index contributed by atoms with van der Waals surface area (Å²) in [7, 11) is 0. The first-order chi connectivity index (χ1) is 8.09. The second kappa shape index (κ2) is 4.98. The molecule has 1 N–H and O–H groups in total. The van der Waals surface area contributed by atoms with Crippen molar-refractivity contribution in [2.24, 2.45) is 0 Å². The first-order valence-corrected chi connectivity index (χ1v) is 6.07. The Morgan fingerprint density at radius 3 is 2.53 bits per heavy atom. The largest absolute Gasteiger partial charge is 0.384 e. The second-order valence-electron chi connectivity index (χ2n) is 3.93. The zero-order chi connectivity index (χ0) is 12.4. The van der Waals surface area contributed by atoms with E-state index in [1.54, 1.807) is 12.1 Å². The molecule has 2 rings (SSSR count). The third-order valence-corrected chi connectivity index (χ3v) is 3.39. The summed E-state index contributed by atoms with van der Waals surface area (Å²) < 4.78 is 13.8. The molecule has 0 aliphatic heterocycles. The highest BCUT2D eigenvalue weighted by atomic mass is 79.9. The summed E-state index contributed by atoms with van der Waals surface area (Å²) in [5, 5.41) is 10.2. The maximum absolute atomic E-state index is 13.4. The fourth-order valence-electron chi connectivity index (χ4n) is 1.76. The van der Waals surface area contributed by atoms with Gasteiger partial charge in [-0.25, -0.2) is 4.39 Å². The smallest absolute Gasteiger partial charge is 0.137 e. The number of benzene rings is 2. The van der Waals surface area contributed by atoms with Crippen LogP contribution in [0.25, 0.3) is 0 Å². The van der Waals surface area contributed by atoms with Gasteiger partial charge < -0.3 is 5.11 Å². The molecule has 1 unspecified atom stereocenters. The van der Waals surface area contributed by atoms with Crippen molar-refractivity contribution in [3.05, 3.63) is 69.4 Å². The fourth-order valence-corrected chi connectivity index (χ4v) is 2.00. The molecule has 0 bridgehead atoms. The molecule has 0 aromatic heterocycles. The van der Waals surface area contributed by atoms with Crippen LogP contribution in [0.15, 0.2) is 46.9 Å². The van der Waals surface area contributed by atoms with Crippen LogP contribution in [0, 0.1) is 12.7 Å². The minimum absolute atomic E-state index is 0.366. The third kappa shape index (κ3) is 2.56. The molecule has 0 aliphatic carbocycles. The van der Waals surface area contributed by atoms with Crippen molar-refractivity contribution in [2.45, 2.75) is 13.0 Å². The maximum Gasteiger partial charge on any atom is 0.137 e. The van der Waals surface area contributed by atoms with E-state index in [2.05, 4.69) is 15.9 Å². The highest BCUT2D eigenvalue weighted by Gasteiger charge is 2.13. The molecule has 17 heavy (non-hydrogen) atoms. The van der Waals surface area contributed by atoms with Crippen LogP contribution in [0.1, 0.15) is 22.8 Å². The Balaban J connectivity index is 2.40. The quantitative estimate of drug-likeness (QED) is 0.888. The highest BCUT2D eigenvalue weighted by Crippen LogP contribution is 2.27. The number of rotatable bonds is 2. The monoisotopic (exact) mass is 294 g/mol. The van der Waals surface area contributed by atoms with E-state index < -0.39 is 6.10 Å². The molecule has 3 heteroatoms. The summed E-state index contributed by atoms with van der Waals surface area (Å²) in [6.07, 6.45) is -0.793. The molecule has 0 radical (unpaired) electrons. The Kier molecular flexibility index (Phi) is 3.60. The summed E-state index contributed by atoms with van der Waals surface area (Å²) in [6.45, 7) is 1.92. The lowest BCUT2D eigenvalue weighted by atomic mass is 9.98. The van der Waals surface area contributed by atoms with Crippen molar-refractivity contribution in [3.8, 4) is 0 Å². The predicted octanol–water partition coefficient (Wildman–Crippen LogP) is 3.98. The van der Waals surface area contributed by atoms with Gasteiger partial charge in [-0.05, 0) is 51.7 Å². The van der Waals surface area contributed by atoms with E-state index in [-0.39, 0.29) is 5.82 Å². The Labute approximate surface area is 108 Å². The fraction of sp³-hybridized carbons (Fsp3) is 0.143. The molecule has 0 heterocycles. The Hall–Kier alpha value is -1.19. The number of hydrogen-bond donors (Lipinski definition) is 1. The van der Waals surface area contributed by atoms with Crippen LogP contribution in [0.4, 0.5) is 4.39 Å². The van der Waals surface area contributed by atoms with E-state index in [0.29, 0.717) is 10.0 Å². The van der Waals surface area contributed by atoms with E-state index in [1.165, 1.54) is 6.07 Å². The minimum Gasteiger partial charge on any atom is -0.384 e. The second-order valence-corrected chi connectivity index (χ2v) is 4.79. The van der Waals surface area contributed by atoms with Crippen LogP contribution in [0.3, 0.4) is 0 Å². The van der Waals surface area contributed by atoms with Gasteiger partial charge in [0.1, 0.15) is 11.9 Å². The first kappa shape index (κ1) is 12.3. The lowest BCUT2D eigenvalue weighted by molar-refractivity contribution is 0.219. The van der Waals surface area contributed by atoms with Crippen LogP contribution in [0.5, 0.6) is 0 Å². The Morgan fingerprint density at radius 1 is 1.18 bits per heavy atom. The molecular weight excluding hydrogens is 283 g/mol. The number of aliphatic hydroxyl groups is 1. The summed E-state index contributed by atoms with van der Waals surface area (Å²) in [5.74, 6) is -0.366. The van der Waals surface area contributed by atoms with Crippen molar-refractivity contribution < 1.29 is 9.50 Å². The molecule has 1 nitrogen and oxygen atoms in total. The van der Waals surface area contributed by atoms with Gasteiger partial charge in [-0.1, -0.05) is 30.3 Å². The normalized spacial score (nSPS) is 12.5. The average Bonchev–Trinajstić information content (AvgIpc) is 2.32. The van der Waals surface area contributed by atoms with Gasteiger partial charge in [0.05, 0.1) is 4.47 Å². The summed E-state index contributed by atoms with van der Waals surface area (Å²) >= 11 is 3.09. The van der Waals surface area contributed by atoms with Gasteiger partial charge in [-0.3, -0.25) is 0 Å². The van der Waals surface area contributed by atoms with Gasteiger partial charge in [-0.15, -0.1) is 0 Å². The summed E-state index contributed by atoms with van der Waals surface area (Å²) in [4.78, 5) is 0. The SMILES string of the molecule is Cc1ccccc1C(O)c1ccc(Br)c(F)c1. The van der Waals surface area contributed by atoms with Crippen molar-refractivity contribution in [3.63, 3.8) is 0 Å². The zero-order valence-electron chi connectivity index (χ0n) is 9.32. The molecular formula is C14H12BrFO. The van der Waals surface area contributed by atoms with Gasteiger partial charge >= 0.3 is 0 Å². The third-order valence-electron chi connectivity index (χ3n) is 2.74. The van der Waals surface area contributed by atoms with Gasteiger partial charge in [0, 0.05) is 0 Å². The van der Waals surface area contributed by atoms with Crippen molar-refractivity contribution in [1.82, 2.24) is 0 Å². The molecule has 0 saturated heterocycles. The van der Waals surface area contributed by atoms with Crippen LogP contribution < -0.4 is 0 Å². The van der Waals surface area contributed by atoms with Crippen molar-refractivity contribution in [1.29, 1.82) is 0 Å². The lowest BCUT2D eigenvalue weighted by Crippen LogP contribution is -2.02. The Bertz CT molecular complexity index is 539. The minimum atomic E-state index is -0.793. The number of halogens is 2. The number of aliphatic hydroxyl groups excluding tert-OH is 1. The van der Waals surface area contributed by atoms with Gasteiger partial charge in [-0.2, -0.15) is 0 Å². The zero-order valence-corrected chi connectivity index (χ0v) is 10.9. The molecule has 0 aliphatic rings. The predicted molar refractivity (Wildman–Crippen MR) is 69.3 cm³/mol. The molecule has 2 aromatic rings. The van der Waals surface area contributed by atoms with E-state index in [4.69, 9.17) is 0 Å². The molecule has 0 fully saturated rings. The van der Waals surface area contributed by atoms with Crippen molar-refractivity contribution in [2.75, 3.05) is 0 Å². The van der Waals surface area contributed by atoms with Gasteiger partial charge in [0.15, 0.2) is 0 Å². The van der Waals surface area contributed by atoms with E-state index in [0.717, 1.165) is 11.1 Å². The molecule has 0 saturated carbocycles. The average molecular weight is 295 g/mol. The van der Waals surface area contributed by atoms with E-state index in [9.17, 15) is 9.50 Å². The van der Waals surface area contributed by atoms with Crippen LogP contribution >= 0.6 is 15.9 Å².